The molecule has 0 bridgehead atoms. The van der Waals surface area contributed by atoms with Crippen LogP contribution in [0.1, 0.15) is 2.85 Å². The van der Waals surface area contributed by atoms with Crippen LogP contribution in [0.3, 0.4) is 0 Å². The van der Waals surface area contributed by atoms with E-state index in [1.165, 1.54) is 0 Å². The largest absolute Gasteiger partial charge is 3.00 e. The Morgan fingerprint density at radius 2 is 0.556 bits per heavy atom. The fourth-order valence-corrected chi connectivity index (χ4v) is 0. The normalized spacial score (nSPS) is 0. The van der Waals surface area contributed by atoms with Gasteiger partial charge in [-0.2, -0.15) is 0 Å². The zero-order chi connectivity index (χ0) is 0. The van der Waals surface area contributed by atoms with Gasteiger partial charge in [0.2, 0.25) is 0 Å². The van der Waals surface area contributed by atoms with Crippen molar-refractivity contribution in [1.82, 2.24) is 0 Å². The van der Waals surface area contributed by atoms with Crippen LogP contribution in [0.2, 0.25) is 0 Å². The molecule has 0 aliphatic heterocycles. The maximum absolute atomic E-state index is 0. The molecule has 3 nitrogen and oxygen atoms in total. The molecule has 0 fully saturated rings. The van der Waals surface area contributed by atoms with E-state index in [0.29, 0.717) is 0 Å². The fraction of sp³-hybridized carbons (Fsp3) is 0. The van der Waals surface area contributed by atoms with Gasteiger partial charge < -0.3 is 19.3 Å². The minimum Gasteiger partial charge on any atom is -2.00 e. The minimum atomic E-state index is 0. The summed E-state index contributed by atoms with van der Waals surface area (Å²) in [5.74, 6) is 0. The minimum absolute atomic E-state index is 0. The third kappa shape index (κ3) is 94.8. The molecule has 0 rings (SSSR count). The predicted molar refractivity (Wildman–Crippen MR) is 15.8 cm³/mol. The summed E-state index contributed by atoms with van der Waals surface area (Å²) in [5, 5.41) is 0. The summed E-state index contributed by atoms with van der Waals surface area (Å²) in [6.45, 7) is 0. The molecule has 0 unspecified atom stereocenters. The molecule has 9 heteroatoms. The molecule has 0 saturated heterocycles. The maximum Gasteiger partial charge on any atom is 3.00 e. The van der Waals surface area contributed by atoms with Crippen LogP contribution < -0.4 is 37.7 Å². The summed E-state index contributed by atoms with van der Waals surface area (Å²) in [7, 11) is 0. The van der Waals surface area contributed by atoms with E-state index in [0.717, 1.165) is 0 Å². The second-order valence-corrected chi connectivity index (χ2v) is 0. The molecule has 0 aromatic heterocycles. The molecule has 0 aliphatic rings. The summed E-state index contributed by atoms with van der Waals surface area (Å²) in [4.78, 5) is 0. The Morgan fingerprint density at radius 3 is 0.556 bits per heavy atom. The Morgan fingerprint density at radius 1 is 0.556 bits per heavy atom. The standard InChI is InChI=1S/2Al.2Li.2Ni.3O.2H/q2*+3;2*+1;;;3*-2;2*-1. The van der Waals surface area contributed by atoms with Crippen molar-refractivity contribution >= 4 is 34.7 Å². The molecular formula is H2Al2Li2Ni2O3. The summed E-state index contributed by atoms with van der Waals surface area (Å²) < 4.78 is 0. The summed E-state index contributed by atoms with van der Waals surface area (Å²) >= 11 is 0. The predicted octanol–water partition coefficient (Wildman–Crippen LogP) is -6.89. The molecule has 0 radical (unpaired) electrons. The molecular weight excluding hydrogens is 233 g/mol. The van der Waals surface area contributed by atoms with Crippen molar-refractivity contribution in [3.8, 4) is 0 Å². The first-order valence-corrected chi connectivity index (χ1v) is 0. The zero-order valence-electron chi connectivity index (χ0n) is 7.01. The average molecular weight is 235 g/mol. The van der Waals surface area contributed by atoms with Gasteiger partial charge in [0.15, 0.2) is 0 Å². The number of rotatable bonds is 0. The van der Waals surface area contributed by atoms with Gasteiger partial charge in [0.05, 0.1) is 0 Å². The smallest absolute Gasteiger partial charge is 2.00 e. The second kappa shape index (κ2) is 117. The van der Waals surface area contributed by atoms with Gasteiger partial charge in [0, 0.05) is 33.0 Å². The van der Waals surface area contributed by atoms with Gasteiger partial charge in [-0.3, -0.25) is 0 Å². The first kappa shape index (κ1) is 154. The van der Waals surface area contributed by atoms with E-state index in [2.05, 4.69) is 0 Å². The van der Waals surface area contributed by atoms with Crippen molar-refractivity contribution in [2.24, 2.45) is 0 Å². The van der Waals surface area contributed by atoms with Crippen molar-refractivity contribution in [2.45, 2.75) is 0 Å². The van der Waals surface area contributed by atoms with Crippen molar-refractivity contribution in [1.29, 1.82) is 0 Å². The molecule has 9 heavy (non-hydrogen) atoms. The quantitative estimate of drug-likeness (QED) is 0.374. The molecule has 0 aromatic carbocycles. The maximum atomic E-state index is 0. The van der Waals surface area contributed by atoms with Gasteiger partial charge in [0.1, 0.15) is 0 Å². The van der Waals surface area contributed by atoms with Gasteiger partial charge >= 0.3 is 72.4 Å². The van der Waals surface area contributed by atoms with Crippen molar-refractivity contribution < 1.29 is 90.0 Å². The van der Waals surface area contributed by atoms with Gasteiger partial charge in [-0.05, 0) is 0 Å². The molecule has 0 amide bonds. The number of hydrogen-bond acceptors (Lipinski definition) is 0. The molecule has 0 atom stereocenters. The summed E-state index contributed by atoms with van der Waals surface area (Å²) in [5.41, 5.74) is 0. The molecule has 0 aliphatic carbocycles. The van der Waals surface area contributed by atoms with Gasteiger partial charge in [-0.1, -0.05) is 0 Å². The van der Waals surface area contributed by atoms with Crippen molar-refractivity contribution in [3.63, 3.8) is 0 Å². The Bertz CT molecular complexity index is 25.3. The Kier molecular flexibility index (Phi) is 1990. The molecule has 0 spiro atoms. The molecule has 0 aromatic rings. The Hall–Kier alpha value is 3.13. The van der Waals surface area contributed by atoms with Crippen LogP contribution in [0.5, 0.6) is 0 Å². The van der Waals surface area contributed by atoms with Crippen LogP contribution in [-0.2, 0) is 49.4 Å². The van der Waals surface area contributed by atoms with E-state index in [9.17, 15) is 0 Å². The summed E-state index contributed by atoms with van der Waals surface area (Å²) in [6, 6.07) is 0. The first-order valence-electron chi connectivity index (χ1n) is 0. The Balaban J connectivity index is 0. The van der Waals surface area contributed by atoms with E-state index in [1.807, 2.05) is 0 Å². The van der Waals surface area contributed by atoms with Crippen LogP contribution in [0.25, 0.3) is 0 Å². The van der Waals surface area contributed by atoms with E-state index >= 15 is 0 Å². The summed E-state index contributed by atoms with van der Waals surface area (Å²) in [6.07, 6.45) is 0. The monoisotopic (exact) mass is 234 g/mol. The third-order valence-electron chi connectivity index (χ3n) is 0. The number of hydrogen-bond donors (Lipinski definition) is 0. The zero-order valence-corrected chi connectivity index (χ0v) is 9.30. The van der Waals surface area contributed by atoms with Crippen LogP contribution >= 0.6 is 0 Å². The van der Waals surface area contributed by atoms with Crippen LogP contribution in [0.4, 0.5) is 0 Å². The van der Waals surface area contributed by atoms with Gasteiger partial charge in [-0.15, -0.1) is 0 Å². The van der Waals surface area contributed by atoms with Crippen molar-refractivity contribution in [3.05, 3.63) is 0 Å². The SMILES string of the molecule is [Al+3].[Al+3].[H-].[H-].[Li+].[Li+].[Ni].[Ni].[O-2].[O-2].[O-2]. The molecule has 0 saturated carbocycles. The van der Waals surface area contributed by atoms with E-state index in [-0.39, 0.29) is 125 Å². The fourth-order valence-electron chi connectivity index (χ4n) is 0. The average Bonchev–Trinajstić information content (AvgIpc) is 0. The van der Waals surface area contributed by atoms with E-state index in [1.54, 1.807) is 0 Å². The third-order valence-corrected chi connectivity index (χ3v) is 0. The van der Waals surface area contributed by atoms with Gasteiger partial charge in [0.25, 0.3) is 0 Å². The van der Waals surface area contributed by atoms with E-state index in [4.69, 9.17) is 0 Å². The molecule has 0 N–H and O–H groups in total. The second-order valence-electron chi connectivity index (χ2n) is 0. The first-order chi connectivity index (χ1) is 0. The molecule has 0 heterocycles. The Labute approximate surface area is 123 Å². The van der Waals surface area contributed by atoms with Crippen LogP contribution in [0.15, 0.2) is 0 Å². The molecule has 48 valence electrons. The van der Waals surface area contributed by atoms with E-state index < -0.39 is 0 Å². The van der Waals surface area contributed by atoms with Gasteiger partial charge in [-0.25, -0.2) is 0 Å². The topological polar surface area (TPSA) is 85.5 Å². The van der Waals surface area contributed by atoms with Crippen LogP contribution in [-0.4, -0.2) is 34.7 Å². The van der Waals surface area contributed by atoms with Crippen molar-refractivity contribution in [2.75, 3.05) is 0 Å². The van der Waals surface area contributed by atoms with Crippen LogP contribution in [0, 0.1) is 0 Å².